The predicted octanol–water partition coefficient (Wildman–Crippen LogP) is 6.53. The molecular formula is C24H14N2OS. The molecule has 132 valence electrons. The minimum absolute atomic E-state index is 0.837. The summed E-state index contributed by atoms with van der Waals surface area (Å²) in [7, 11) is -1.32. The summed E-state index contributed by atoms with van der Waals surface area (Å²) in [5.74, 6) is 0. The van der Waals surface area contributed by atoms with Crippen molar-refractivity contribution in [3.63, 3.8) is 0 Å². The summed E-state index contributed by atoms with van der Waals surface area (Å²) >= 11 is 0. The van der Waals surface area contributed by atoms with Gasteiger partial charge in [-0.15, -0.1) is 3.79 Å². The van der Waals surface area contributed by atoms with Gasteiger partial charge in [0.2, 0.25) is 4.70 Å². The number of fused-ring (bicyclic) bond motifs is 8. The molecule has 0 aliphatic rings. The Morgan fingerprint density at radius 1 is 0.536 bits per heavy atom. The lowest BCUT2D eigenvalue weighted by Crippen LogP contribution is -1.84. The molecule has 3 nitrogen and oxygen atoms in total. The van der Waals surface area contributed by atoms with E-state index in [1.165, 1.54) is 10.8 Å². The van der Waals surface area contributed by atoms with E-state index in [1.807, 2.05) is 28.1 Å². The molecule has 7 rings (SSSR count). The van der Waals surface area contributed by atoms with E-state index in [0.717, 1.165) is 43.1 Å². The van der Waals surface area contributed by atoms with E-state index in [0.29, 0.717) is 0 Å². The van der Waals surface area contributed by atoms with Gasteiger partial charge in [-0.1, -0.05) is 60.7 Å². The lowest BCUT2D eigenvalue weighted by Gasteiger charge is -1.99. The highest BCUT2D eigenvalue weighted by Crippen LogP contribution is 2.42. The molecule has 0 radical (unpaired) electrons. The van der Waals surface area contributed by atoms with Crippen LogP contribution in [0.2, 0.25) is 0 Å². The molecular weight excluding hydrogens is 364 g/mol. The van der Waals surface area contributed by atoms with Crippen molar-refractivity contribution in [3.8, 4) is 0 Å². The van der Waals surface area contributed by atoms with Gasteiger partial charge in [0.15, 0.2) is 0 Å². The van der Waals surface area contributed by atoms with E-state index in [4.69, 9.17) is 0 Å². The highest BCUT2D eigenvalue weighted by molar-refractivity contribution is 7.26. The molecule has 4 heteroatoms. The fourth-order valence-corrected chi connectivity index (χ4v) is 6.19. The van der Waals surface area contributed by atoms with Crippen LogP contribution < -0.4 is 0 Å². The molecule has 0 fully saturated rings. The molecule has 0 bridgehead atoms. The molecule has 4 aromatic carbocycles. The van der Waals surface area contributed by atoms with E-state index in [-0.39, 0.29) is 0 Å². The SMILES string of the molecule is [O-][s+]1c2ccccc2n2c3ccccc3c3ccc4c5ccccc5n1c4c32. The van der Waals surface area contributed by atoms with Gasteiger partial charge in [0.05, 0.1) is 22.0 Å². The summed E-state index contributed by atoms with van der Waals surface area (Å²) < 4.78 is 19.0. The Labute approximate surface area is 162 Å². The maximum Gasteiger partial charge on any atom is 0.219 e. The molecule has 0 aliphatic heterocycles. The van der Waals surface area contributed by atoms with Crippen LogP contribution in [0, 0.1) is 0 Å². The molecule has 0 spiro atoms. The summed E-state index contributed by atoms with van der Waals surface area (Å²) in [6.45, 7) is 0. The molecule has 1 atom stereocenters. The third kappa shape index (κ3) is 1.56. The second kappa shape index (κ2) is 4.93. The maximum absolute atomic E-state index is 13.8. The number of hydrogen-bond donors (Lipinski definition) is 0. The van der Waals surface area contributed by atoms with E-state index in [9.17, 15) is 4.55 Å². The first kappa shape index (κ1) is 14.7. The second-order valence-electron chi connectivity index (χ2n) is 7.24. The van der Waals surface area contributed by atoms with Crippen LogP contribution >= 0.6 is 10.9 Å². The topological polar surface area (TPSA) is 31.9 Å². The Balaban J connectivity index is 2.05. The zero-order valence-electron chi connectivity index (χ0n) is 14.8. The average molecular weight is 378 g/mol. The van der Waals surface area contributed by atoms with Crippen molar-refractivity contribution in [1.29, 1.82) is 0 Å². The molecule has 0 aliphatic carbocycles. The van der Waals surface area contributed by atoms with Gasteiger partial charge in [-0.25, -0.2) is 0 Å². The third-order valence-corrected chi connectivity index (χ3v) is 7.32. The number of hydrogen-bond acceptors (Lipinski definition) is 1. The summed E-state index contributed by atoms with van der Waals surface area (Å²) in [4.78, 5) is 0. The van der Waals surface area contributed by atoms with E-state index >= 15 is 0 Å². The monoisotopic (exact) mass is 378 g/mol. The average Bonchev–Trinajstić information content (AvgIpc) is 3.22. The number of aromatic nitrogens is 2. The van der Waals surface area contributed by atoms with Crippen molar-refractivity contribution in [2.75, 3.05) is 0 Å². The van der Waals surface area contributed by atoms with Crippen molar-refractivity contribution < 1.29 is 4.55 Å². The summed E-state index contributed by atoms with van der Waals surface area (Å²) in [5, 5.41) is 4.71. The van der Waals surface area contributed by atoms with Crippen LogP contribution in [-0.4, -0.2) is 12.7 Å². The Bertz CT molecular complexity index is 1730. The van der Waals surface area contributed by atoms with E-state index in [1.54, 1.807) is 0 Å². The van der Waals surface area contributed by atoms with Crippen LogP contribution in [0.25, 0.3) is 53.8 Å². The Morgan fingerprint density at radius 3 is 1.89 bits per heavy atom. The first-order valence-electron chi connectivity index (χ1n) is 9.31. The number of rotatable bonds is 0. The lowest BCUT2D eigenvalue weighted by atomic mass is 10.1. The first-order chi connectivity index (χ1) is 13.8. The molecule has 0 saturated heterocycles. The van der Waals surface area contributed by atoms with Crippen molar-refractivity contribution in [1.82, 2.24) is 8.19 Å². The summed E-state index contributed by atoms with van der Waals surface area (Å²) in [5.41, 5.74) is 5.33. The van der Waals surface area contributed by atoms with Crippen molar-refractivity contribution >= 4 is 64.8 Å². The summed E-state index contributed by atoms with van der Waals surface area (Å²) in [6.07, 6.45) is 0. The molecule has 0 saturated carbocycles. The fraction of sp³-hybridized carbons (Fsp3) is 0. The first-order valence-corrected chi connectivity index (χ1v) is 10.4. The van der Waals surface area contributed by atoms with Crippen LogP contribution in [0.1, 0.15) is 0 Å². The third-order valence-electron chi connectivity index (χ3n) is 5.89. The van der Waals surface area contributed by atoms with Crippen LogP contribution in [-0.2, 0) is 0 Å². The fourth-order valence-electron chi connectivity index (χ4n) is 4.77. The highest BCUT2D eigenvalue weighted by Gasteiger charge is 2.23. The van der Waals surface area contributed by atoms with Crippen molar-refractivity contribution in [2.24, 2.45) is 0 Å². The molecule has 28 heavy (non-hydrogen) atoms. The number of nitrogens with zero attached hydrogens (tertiary/aromatic N) is 2. The summed E-state index contributed by atoms with van der Waals surface area (Å²) in [6, 6.07) is 29.2. The normalized spacial score (nSPS) is 13.1. The molecule has 3 aromatic heterocycles. The quantitative estimate of drug-likeness (QED) is 0.276. The smallest absolute Gasteiger partial charge is 0.219 e. The van der Waals surface area contributed by atoms with Crippen LogP contribution in [0.4, 0.5) is 0 Å². The standard InChI is InChI=1S/C24H14N2OS/c27-28-22-12-6-5-11-21(22)25-19-9-3-1-7-15(19)17-13-14-18-16-8-2-4-10-20(16)26(28)24(18)23(17)25/h1-14H. The van der Waals surface area contributed by atoms with Crippen LogP contribution in [0.15, 0.2) is 84.9 Å². The molecule has 0 N–H and O–H groups in total. The van der Waals surface area contributed by atoms with Gasteiger partial charge in [-0.3, -0.25) is 0 Å². The zero-order chi connectivity index (χ0) is 18.4. The van der Waals surface area contributed by atoms with Crippen molar-refractivity contribution in [2.45, 2.75) is 0 Å². The Hall–Kier alpha value is -3.34. The number of benzene rings is 4. The van der Waals surface area contributed by atoms with Gasteiger partial charge in [-0.2, -0.15) is 0 Å². The van der Waals surface area contributed by atoms with Gasteiger partial charge >= 0.3 is 0 Å². The molecule has 3 heterocycles. The Kier molecular flexibility index (Phi) is 2.58. The second-order valence-corrected chi connectivity index (χ2v) is 8.54. The highest BCUT2D eigenvalue weighted by atomic mass is 32.2. The largest absolute Gasteiger partial charge is 0.570 e. The van der Waals surface area contributed by atoms with E-state index < -0.39 is 10.9 Å². The number of para-hydroxylation sites is 3. The van der Waals surface area contributed by atoms with Gasteiger partial charge in [0, 0.05) is 27.6 Å². The minimum Gasteiger partial charge on any atom is -0.570 e. The maximum atomic E-state index is 13.8. The van der Waals surface area contributed by atoms with Gasteiger partial charge in [0.1, 0.15) is 16.6 Å². The molecule has 1 unspecified atom stereocenters. The van der Waals surface area contributed by atoms with Crippen LogP contribution in [0.5, 0.6) is 0 Å². The zero-order valence-corrected chi connectivity index (χ0v) is 15.6. The predicted molar refractivity (Wildman–Crippen MR) is 117 cm³/mol. The molecule has 0 amide bonds. The molecule has 7 aromatic rings. The lowest BCUT2D eigenvalue weighted by molar-refractivity contribution is 0.591. The van der Waals surface area contributed by atoms with Gasteiger partial charge in [0.25, 0.3) is 0 Å². The van der Waals surface area contributed by atoms with Crippen LogP contribution in [0.3, 0.4) is 0 Å². The Morgan fingerprint density at radius 2 is 1.11 bits per heavy atom. The van der Waals surface area contributed by atoms with E-state index in [2.05, 4.69) is 65.1 Å². The minimum atomic E-state index is -1.32. The van der Waals surface area contributed by atoms with Gasteiger partial charge < -0.3 is 8.95 Å². The van der Waals surface area contributed by atoms with Crippen molar-refractivity contribution in [3.05, 3.63) is 84.9 Å². The van der Waals surface area contributed by atoms with Gasteiger partial charge in [-0.05, 0) is 18.2 Å².